The van der Waals surface area contributed by atoms with Crippen LogP contribution in [0.4, 0.5) is 5.69 Å². The third-order valence-corrected chi connectivity index (χ3v) is 4.29. The maximum atomic E-state index is 12.6. The largest absolute Gasteiger partial charge is 0.439 e. The van der Waals surface area contributed by atoms with Crippen LogP contribution in [0.25, 0.3) is 0 Å². The molecule has 6 heteroatoms. The molecule has 24 heavy (non-hydrogen) atoms. The first-order chi connectivity index (χ1) is 11.7. The molecule has 0 atom stereocenters. The summed E-state index contributed by atoms with van der Waals surface area (Å²) >= 11 is 0. The van der Waals surface area contributed by atoms with Crippen LogP contribution in [0.3, 0.4) is 0 Å². The van der Waals surface area contributed by atoms with E-state index in [-0.39, 0.29) is 5.91 Å². The van der Waals surface area contributed by atoms with E-state index in [1.54, 1.807) is 36.5 Å². The number of hydrogen-bond acceptors (Lipinski definition) is 5. The number of ether oxygens (including phenoxy) is 2. The lowest BCUT2D eigenvalue weighted by Gasteiger charge is -2.34. The van der Waals surface area contributed by atoms with Crippen molar-refractivity contribution < 1.29 is 14.3 Å². The van der Waals surface area contributed by atoms with Gasteiger partial charge in [0.05, 0.1) is 5.41 Å². The average molecular weight is 327 g/mol. The lowest BCUT2D eigenvalue weighted by atomic mass is 9.79. The molecular formula is C18H21N3O3. The monoisotopic (exact) mass is 327 g/mol. The molecule has 0 unspecified atom stereocenters. The molecule has 6 nitrogen and oxygen atoms in total. The first kappa shape index (κ1) is 16.4. The van der Waals surface area contributed by atoms with E-state index in [9.17, 15) is 4.79 Å². The molecule has 0 bridgehead atoms. The molecule has 1 aromatic carbocycles. The normalized spacial score (nSPS) is 16.4. The number of nitrogens with two attached hydrogens (primary N) is 1. The molecule has 2 heterocycles. The molecule has 3 N–H and O–H groups in total. The number of hydrogen-bond donors (Lipinski definition) is 2. The van der Waals surface area contributed by atoms with E-state index in [1.165, 1.54) is 0 Å². The molecule has 0 spiro atoms. The van der Waals surface area contributed by atoms with Crippen LogP contribution in [-0.4, -0.2) is 30.6 Å². The Morgan fingerprint density at radius 2 is 1.96 bits per heavy atom. The Morgan fingerprint density at radius 1 is 1.21 bits per heavy atom. The van der Waals surface area contributed by atoms with Gasteiger partial charge in [0.25, 0.3) is 0 Å². The second kappa shape index (κ2) is 7.42. The summed E-state index contributed by atoms with van der Waals surface area (Å²) in [7, 11) is 0. The zero-order chi connectivity index (χ0) is 16.8. The molecule has 1 aliphatic heterocycles. The Kier molecular flexibility index (Phi) is 5.08. The highest BCUT2D eigenvalue weighted by Crippen LogP contribution is 2.31. The number of carbonyl (C=O) groups is 1. The van der Waals surface area contributed by atoms with Gasteiger partial charge < -0.3 is 20.5 Å². The standard InChI is InChI=1S/C18H21N3O3/c19-13-18(8-11-23-12-9-18)17(22)21-14-4-6-15(7-5-14)24-16-3-1-2-10-20-16/h1-7,10H,8-9,11-13,19H2,(H,21,22). The summed E-state index contributed by atoms with van der Waals surface area (Å²) in [5, 5.41) is 2.95. The van der Waals surface area contributed by atoms with Crippen LogP contribution in [0.1, 0.15) is 12.8 Å². The molecule has 1 fully saturated rings. The Morgan fingerprint density at radius 3 is 2.58 bits per heavy atom. The smallest absolute Gasteiger partial charge is 0.232 e. The molecule has 2 aromatic rings. The maximum absolute atomic E-state index is 12.6. The molecule has 0 aliphatic carbocycles. The third kappa shape index (κ3) is 3.72. The third-order valence-electron chi connectivity index (χ3n) is 4.29. The predicted molar refractivity (Wildman–Crippen MR) is 90.9 cm³/mol. The lowest BCUT2D eigenvalue weighted by Crippen LogP contribution is -2.46. The number of pyridine rings is 1. The summed E-state index contributed by atoms with van der Waals surface area (Å²) in [4.78, 5) is 16.7. The highest BCUT2D eigenvalue weighted by atomic mass is 16.5. The summed E-state index contributed by atoms with van der Waals surface area (Å²) in [6.45, 7) is 1.46. The number of anilines is 1. The zero-order valence-corrected chi connectivity index (χ0v) is 13.4. The highest BCUT2D eigenvalue weighted by Gasteiger charge is 2.38. The maximum Gasteiger partial charge on any atom is 0.232 e. The fourth-order valence-electron chi connectivity index (χ4n) is 2.68. The zero-order valence-electron chi connectivity index (χ0n) is 13.4. The van der Waals surface area contributed by atoms with Crippen molar-refractivity contribution in [1.82, 2.24) is 4.98 Å². The fraction of sp³-hybridized carbons (Fsp3) is 0.333. The Bertz CT molecular complexity index is 668. The van der Waals surface area contributed by atoms with E-state index in [2.05, 4.69) is 10.3 Å². The topological polar surface area (TPSA) is 86.5 Å². The fourth-order valence-corrected chi connectivity index (χ4v) is 2.68. The second-order valence-corrected chi connectivity index (χ2v) is 5.85. The van der Waals surface area contributed by atoms with Gasteiger partial charge in [0.1, 0.15) is 5.75 Å². The van der Waals surface area contributed by atoms with E-state index < -0.39 is 5.41 Å². The van der Waals surface area contributed by atoms with Gasteiger partial charge in [0, 0.05) is 37.7 Å². The van der Waals surface area contributed by atoms with Crippen molar-refractivity contribution in [2.75, 3.05) is 25.1 Å². The Hall–Kier alpha value is -2.44. The number of rotatable bonds is 5. The first-order valence-corrected chi connectivity index (χ1v) is 8.00. The number of nitrogens with zero attached hydrogens (tertiary/aromatic N) is 1. The predicted octanol–water partition coefficient (Wildman–Crippen LogP) is 2.57. The minimum absolute atomic E-state index is 0.0494. The highest BCUT2D eigenvalue weighted by molar-refractivity contribution is 5.95. The summed E-state index contributed by atoms with van der Waals surface area (Å²) in [5.41, 5.74) is 6.03. The molecule has 3 rings (SSSR count). The minimum Gasteiger partial charge on any atom is -0.439 e. The van der Waals surface area contributed by atoms with Crippen LogP contribution >= 0.6 is 0 Å². The lowest BCUT2D eigenvalue weighted by molar-refractivity contribution is -0.130. The van der Waals surface area contributed by atoms with E-state index >= 15 is 0 Å². The van der Waals surface area contributed by atoms with Crippen LogP contribution in [-0.2, 0) is 9.53 Å². The average Bonchev–Trinajstić information content (AvgIpc) is 2.64. The van der Waals surface area contributed by atoms with Crippen molar-refractivity contribution in [2.45, 2.75) is 12.8 Å². The van der Waals surface area contributed by atoms with Crippen LogP contribution in [0.15, 0.2) is 48.7 Å². The summed E-state index contributed by atoms with van der Waals surface area (Å²) in [6.07, 6.45) is 2.97. The quantitative estimate of drug-likeness (QED) is 0.881. The van der Waals surface area contributed by atoms with Crippen LogP contribution < -0.4 is 15.8 Å². The number of aromatic nitrogens is 1. The van der Waals surface area contributed by atoms with Gasteiger partial charge in [-0.25, -0.2) is 4.98 Å². The molecular weight excluding hydrogens is 306 g/mol. The van der Waals surface area contributed by atoms with Crippen LogP contribution in [0.5, 0.6) is 11.6 Å². The van der Waals surface area contributed by atoms with E-state index in [1.807, 2.05) is 12.1 Å². The SMILES string of the molecule is NCC1(C(=O)Nc2ccc(Oc3ccccn3)cc2)CCOCC1. The summed E-state index contributed by atoms with van der Waals surface area (Å²) in [5.74, 6) is 1.14. The Balaban J connectivity index is 1.64. The van der Waals surface area contributed by atoms with Gasteiger partial charge in [-0.2, -0.15) is 0 Å². The van der Waals surface area contributed by atoms with Gasteiger partial charge in [-0.1, -0.05) is 6.07 Å². The molecule has 0 saturated carbocycles. The van der Waals surface area contributed by atoms with Gasteiger partial charge in [0.2, 0.25) is 11.8 Å². The van der Waals surface area contributed by atoms with Crippen LogP contribution in [0, 0.1) is 5.41 Å². The van der Waals surface area contributed by atoms with Gasteiger partial charge in [-0.15, -0.1) is 0 Å². The first-order valence-electron chi connectivity index (χ1n) is 8.00. The molecule has 0 radical (unpaired) electrons. The van der Waals surface area contributed by atoms with Crippen LogP contribution in [0.2, 0.25) is 0 Å². The van der Waals surface area contributed by atoms with Crippen molar-refractivity contribution in [3.05, 3.63) is 48.7 Å². The number of carbonyl (C=O) groups excluding carboxylic acids is 1. The van der Waals surface area contributed by atoms with Crippen molar-refractivity contribution in [2.24, 2.45) is 11.1 Å². The molecule has 126 valence electrons. The second-order valence-electron chi connectivity index (χ2n) is 5.85. The summed E-state index contributed by atoms with van der Waals surface area (Å²) in [6, 6.07) is 12.7. The van der Waals surface area contributed by atoms with Gasteiger partial charge in [-0.05, 0) is 43.2 Å². The molecule has 1 aromatic heterocycles. The molecule has 1 amide bonds. The number of benzene rings is 1. The van der Waals surface area contributed by atoms with Gasteiger partial charge >= 0.3 is 0 Å². The van der Waals surface area contributed by atoms with E-state index in [0.717, 1.165) is 0 Å². The van der Waals surface area contributed by atoms with Crippen molar-refractivity contribution in [3.63, 3.8) is 0 Å². The molecule has 1 saturated heterocycles. The van der Waals surface area contributed by atoms with Crippen molar-refractivity contribution in [3.8, 4) is 11.6 Å². The number of amides is 1. The Labute approximate surface area is 141 Å². The summed E-state index contributed by atoms with van der Waals surface area (Å²) < 4.78 is 11.0. The van der Waals surface area contributed by atoms with Crippen molar-refractivity contribution >= 4 is 11.6 Å². The van der Waals surface area contributed by atoms with Gasteiger partial charge in [-0.3, -0.25) is 4.79 Å². The molecule has 1 aliphatic rings. The van der Waals surface area contributed by atoms with E-state index in [0.29, 0.717) is 49.9 Å². The minimum atomic E-state index is -0.540. The van der Waals surface area contributed by atoms with Gasteiger partial charge in [0.15, 0.2) is 0 Å². The van der Waals surface area contributed by atoms with E-state index in [4.69, 9.17) is 15.2 Å². The number of nitrogens with one attached hydrogen (secondary N) is 1. The van der Waals surface area contributed by atoms with Crippen molar-refractivity contribution in [1.29, 1.82) is 0 Å².